The molecule has 1 aliphatic heterocycles. The number of hydrogen-bond acceptors (Lipinski definition) is 4. The average molecular weight is 511 g/mol. The second-order valence-electron chi connectivity index (χ2n) is 8.28. The molecule has 0 aliphatic carbocycles. The van der Waals surface area contributed by atoms with Crippen LogP contribution in [-0.2, 0) is 11.4 Å². The van der Waals surface area contributed by atoms with E-state index < -0.39 is 0 Å². The summed E-state index contributed by atoms with van der Waals surface area (Å²) in [6, 6.07) is 22.5. The van der Waals surface area contributed by atoms with Crippen molar-refractivity contribution in [2.75, 3.05) is 6.54 Å². The third-order valence-corrected chi connectivity index (χ3v) is 6.49. The van der Waals surface area contributed by atoms with Gasteiger partial charge in [0, 0.05) is 16.6 Å². The Morgan fingerprint density at radius 3 is 2.18 bits per heavy atom. The van der Waals surface area contributed by atoms with Gasteiger partial charge in [0.2, 0.25) is 0 Å². The maximum absolute atomic E-state index is 13.2. The molecule has 1 heterocycles. The molecule has 0 unspecified atom stereocenters. The Bertz CT molecular complexity index is 1200. The summed E-state index contributed by atoms with van der Waals surface area (Å²) in [5.41, 5.74) is 2.73. The highest BCUT2D eigenvalue weighted by molar-refractivity contribution is 8.18. The third kappa shape index (κ3) is 6.44. The second-order valence-corrected chi connectivity index (χ2v) is 10.2. The quantitative estimate of drug-likeness (QED) is 0.304. The van der Waals surface area contributed by atoms with Crippen LogP contribution in [-0.4, -0.2) is 22.5 Å². The lowest BCUT2D eigenvalue weighted by molar-refractivity contribution is -0.122. The zero-order valence-corrected chi connectivity index (χ0v) is 21.2. The topological polar surface area (TPSA) is 41.9 Å². The fourth-order valence-corrected chi connectivity index (χ4v) is 4.56. The molecular weight excluding hydrogens is 487 g/mol. The molecule has 0 N–H and O–H groups in total. The average Bonchev–Trinajstić information content (AvgIpc) is 3.09. The summed E-state index contributed by atoms with van der Waals surface area (Å²) in [5.74, 6) is 1.04. The molecular formula is C27H24Cl2N2O2S. The molecule has 4 rings (SSSR count). The molecule has 34 heavy (non-hydrogen) atoms. The van der Waals surface area contributed by atoms with Gasteiger partial charge in [-0.1, -0.05) is 61.3 Å². The zero-order chi connectivity index (χ0) is 24.1. The van der Waals surface area contributed by atoms with Crippen molar-refractivity contribution in [3.05, 3.63) is 98.9 Å². The number of nitrogens with zero attached hydrogens (tertiary/aromatic N) is 2. The molecule has 1 fully saturated rings. The summed E-state index contributed by atoms with van der Waals surface area (Å²) in [4.78, 5) is 20.2. The number of amides is 1. The number of rotatable bonds is 7. The number of thioether (sulfide) groups is 1. The number of carbonyl (C=O) groups excluding carboxylic acids is 1. The maximum atomic E-state index is 13.2. The van der Waals surface area contributed by atoms with Crippen molar-refractivity contribution in [3.63, 3.8) is 0 Å². The van der Waals surface area contributed by atoms with Crippen LogP contribution in [0.3, 0.4) is 0 Å². The van der Waals surface area contributed by atoms with Gasteiger partial charge in [0.25, 0.3) is 5.91 Å². The molecule has 3 aromatic carbocycles. The van der Waals surface area contributed by atoms with E-state index in [0.29, 0.717) is 39.2 Å². The van der Waals surface area contributed by atoms with Crippen molar-refractivity contribution in [2.24, 2.45) is 10.9 Å². The normalized spacial score (nSPS) is 16.1. The van der Waals surface area contributed by atoms with Crippen molar-refractivity contribution in [3.8, 4) is 5.75 Å². The van der Waals surface area contributed by atoms with Gasteiger partial charge in [-0.05, 0) is 83.4 Å². The van der Waals surface area contributed by atoms with E-state index in [0.717, 1.165) is 22.6 Å². The summed E-state index contributed by atoms with van der Waals surface area (Å²) in [6.45, 7) is 5.23. The molecule has 1 amide bonds. The van der Waals surface area contributed by atoms with Crippen molar-refractivity contribution in [1.82, 2.24) is 4.90 Å². The number of aliphatic imine (C=N–C) groups is 1. The highest BCUT2D eigenvalue weighted by Gasteiger charge is 2.33. The highest BCUT2D eigenvalue weighted by atomic mass is 35.5. The van der Waals surface area contributed by atoms with Gasteiger partial charge in [-0.25, -0.2) is 4.99 Å². The van der Waals surface area contributed by atoms with Crippen LogP contribution in [0.5, 0.6) is 5.75 Å². The van der Waals surface area contributed by atoms with E-state index in [2.05, 4.69) is 13.8 Å². The summed E-state index contributed by atoms with van der Waals surface area (Å²) in [6.07, 6.45) is 1.90. The van der Waals surface area contributed by atoms with E-state index in [9.17, 15) is 4.79 Å². The van der Waals surface area contributed by atoms with Gasteiger partial charge in [-0.15, -0.1) is 0 Å². The summed E-state index contributed by atoms with van der Waals surface area (Å²) in [5, 5.41) is 2.03. The third-order valence-electron chi connectivity index (χ3n) is 4.98. The van der Waals surface area contributed by atoms with Gasteiger partial charge >= 0.3 is 0 Å². The molecule has 7 heteroatoms. The SMILES string of the molecule is CC(C)CN1C(=O)/C(=C/c2ccc(OCc3ccc(Cl)cc3)cc2)SC1=Nc1ccc(Cl)cc1. The van der Waals surface area contributed by atoms with Crippen molar-refractivity contribution in [2.45, 2.75) is 20.5 Å². The van der Waals surface area contributed by atoms with Crippen molar-refractivity contribution < 1.29 is 9.53 Å². The summed E-state index contributed by atoms with van der Waals surface area (Å²) in [7, 11) is 0. The Morgan fingerprint density at radius 2 is 1.56 bits per heavy atom. The zero-order valence-electron chi connectivity index (χ0n) is 18.9. The predicted octanol–water partition coefficient (Wildman–Crippen LogP) is 7.83. The van der Waals surface area contributed by atoms with Crippen LogP contribution >= 0.6 is 35.0 Å². The Morgan fingerprint density at radius 1 is 0.941 bits per heavy atom. The molecule has 0 bridgehead atoms. The first-order valence-electron chi connectivity index (χ1n) is 10.9. The molecule has 0 radical (unpaired) electrons. The first-order valence-corrected chi connectivity index (χ1v) is 12.5. The van der Waals surface area contributed by atoms with Crippen LogP contribution in [0.2, 0.25) is 10.0 Å². The molecule has 4 nitrogen and oxygen atoms in total. The monoisotopic (exact) mass is 510 g/mol. The van der Waals surface area contributed by atoms with E-state index in [1.54, 1.807) is 17.0 Å². The second kappa shape index (κ2) is 11.1. The fourth-order valence-electron chi connectivity index (χ4n) is 3.30. The van der Waals surface area contributed by atoms with E-state index in [-0.39, 0.29) is 5.91 Å². The fraction of sp³-hybridized carbons (Fsp3) is 0.185. The standard InChI is InChI=1S/C27H24Cl2N2O2S/c1-18(2)16-31-26(32)25(34-27(31)30-23-11-9-22(29)10-12-23)15-19-5-13-24(14-6-19)33-17-20-3-7-21(28)8-4-20/h3-15,18H,16-17H2,1-2H3/b25-15-,30-27?. The smallest absolute Gasteiger partial charge is 0.266 e. The van der Waals surface area contributed by atoms with E-state index >= 15 is 0 Å². The molecule has 0 atom stereocenters. The molecule has 1 saturated heterocycles. The van der Waals surface area contributed by atoms with Gasteiger partial charge in [-0.3, -0.25) is 9.69 Å². The number of amidine groups is 1. The van der Waals surface area contributed by atoms with Crippen LogP contribution in [0.1, 0.15) is 25.0 Å². The predicted molar refractivity (Wildman–Crippen MR) is 143 cm³/mol. The maximum Gasteiger partial charge on any atom is 0.266 e. The minimum atomic E-state index is -0.0329. The Kier molecular flexibility index (Phi) is 7.99. The Hall–Kier alpha value is -2.73. The largest absolute Gasteiger partial charge is 0.489 e. The van der Waals surface area contributed by atoms with Crippen LogP contribution in [0.25, 0.3) is 6.08 Å². The molecule has 0 saturated carbocycles. The summed E-state index contributed by atoms with van der Waals surface area (Å²) >= 11 is 13.3. The molecule has 174 valence electrons. The lowest BCUT2D eigenvalue weighted by atomic mass is 10.2. The van der Waals surface area contributed by atoms with E-state index in [1.165, 1.54) is 11.8 Å². The van der Waals surface area contributed by atoms with E-state index in [4.69, 9.17) is 32.9 Å². The lowest BCUT2D eigenvalue weighted by Crippen LogP contribution is -2.32. The summed E-state index contributed by atoms with van der Waals surface area (Å²) < 4.78 is 5.86. The minimum Gasteiger partial charge on any atom is -0.489 e. The van der Waals surface area contributed by atoms with Crippen LogP contribution in [0.4, 0.5) is 5.69 Å². The number of ether oxygens (including phenoxy) is 1. The number of benzene rings is 3. The van der Waals surface area contributed by atoms with E-state index in [1.807, 2.05) is 66.7 Å². The number of halogens is 2. The van der Waals surface area contributed by atoms with Crippen LogP contribution in [0.15, 0.2) is 82.7 Å². The molecule has 0 aromatic heterocycles. The van der Waals surface area contributed by atoms with Crippen molar-refractivity contribution in [1.29, 1.82) is 0 Å². The minimum absolute atomic E-state index is 0.0329. The molecule has 1 aliphatic rings. The Balaban J connectivity index is 1.49. The van der Waals surface area contributed by atoms with Gasteiger partial charge in [0.15, 0.2) is 5.17 Å². The van der Waals surface area contributed by atoms with Crippen LogP contribution < -0.4 is 4.74 Å². The lowest BCUT2D eigenvalue weighted by Gasteiger charge is -2.17. The van der Waals surface area contributed by atoms with Gasteiger partial charge < -0.3 is 4.74 Å². The number of hydrogen-bond donors (Lipinski definition) is 0. The highest BCUT2D eigenvalue weighted by Crippen LogP contribution is 2.35. The first kappa shape index (κ1) is 24.4. The van der Waals surface area contributed by atoms with Gasteiger partial charge in [0.1, 0.15) is 12.4 Å². The van der Waals surface area contributed by atoms with Gasteiger partial charge in [0.05, 0.1) is 10.6 Å². The first-order chi connectivity index (χ1) is 16.4. The molecule has 3 aromatic rings. The Labute approximate surface area is 214 Å². The van der Waals surface area contributed by atoms with Crippen LogP contribution in [0, 0.1) is 5.92 Å². The van der Waals surface area contributed by atoms with Gasteiger partial charge in [-0.2, -0.15) is 0 Å². The number of carbonyl (C=O) groups is 1. The van der Waals surface area contributed by atoms with Crippen molar-refractivity contribution >= 4 is 57.8 Å². The molecule has 0 spiro atoms.